The molecule has 0 saturated heterocycles. The molecule has 0 aliphatic heterocycles. The van der Waals surface area contributed by atoms with Crippen LogP contribution in [0.5, 0.6) is 0 Å². The summed E-state index contributed by atoms with van der Waals surface area (Å²) in [6.45, 7) is 6.80. The Labute approximate surface area is 106 Å². The van der Waals surface area contributed by atoms with Crippen LogP contribution in [-0.2, 0) is 0 Å². The maximum absolute atomic E-state index is 3.71. The van der Waals surface area contributed by atoms with Gasteiger partial charge in [-0.25, -0.2) is 0 Å². The largest absolute Gasteiger partial charge is 0.382 e. The molecule has 0 bridgehead atoms. The molecule has 2 unspecified atom stereocenters. The average molecular weight is 231 g/mol. The highest BCUT2D eigenvalue weighted by Crippen LogP contribution is 2.31. The lowest BCUT2D eigenvalue weighted by Crippen LogP contribution is -2.23. The first kappa shape index (κ1) is 12.5. The second-order valence-corrected chi connectivity index (χ2v) is 5.63. The molecular weight excluding hydrogens is 206 g/mol. The van der Waals surface area contributed by atoms with Gasteiger partial charge in [-0.1, -0.05) is 45.7 Å². The smallest absolute Gasteiger partial charge is 0.0342 e. The fourth-order valence-corrected chi connectivity index (χ4v) is 2.89. The van der Waals surface area contributed by atoms with Gasteiger partial charge in [0.15, 0.2) is 0 Å². The van der Waals surface area contributed by atoms with Gasteiger partial charge < -0.3 is 5.32 Å². The van der Waals surface area contributed by atoms with Crippen LogP contribution in [0.15, 0.2) is 24.3 Å². The van der Waals surface area contributed by atoms with Crippen LogP contribution in [0.4, 0.5) is 5.69 Å². The summed E-state index contributed by atoms with van der Waals surface area (Å²) in [7, 11) is 0. The third-order valence-corrected chi connectivity index (χ3v) is 4.11. The van der Waals surface area contributed by atoms with Crippen molar-refractivity contribution < 1.29 is 0 Å². The van der Waals surface area contributed by atoms with Crippen LogP contribution < -0.4 is 5.32 Å². The molecule has 1 saturated carbocycles. The zero-order chi connectivity index (χ0) is 12.3. The SMILES string of the molecule is CCC1CCCC1Nc1ccc(C(C)C)cc1. The Kier molecular flexibility index (Phi) is 4.09. The Balaban J connectivity index is 1.99. The fraction of sp³-hybridized carbons (Fsp3) is 0.625. The van der Waals surface area contributed by atoms with E-state index in [1.165, 1.54) is 36.9 Å². The molecule has 2 atom stereocenters. The number of benzene rings is 1. The standard InChI is InChI=1S/C16H25N/c1-4-13-6-5-7-16(13)17-15-10-8-14(9-11-15)12(2)3/h8-13,16-17H,4-7H2,1-3H3. The monoisotopic (exact) mass is 231 g/mol. The highest BCUT2D eigenvalue weighted by Gasteiger charge is 2.25. The van der Waals surface area contributed by atoms with Crippen molar-refractivity contribution in [2.45, 2.75) is 58.4 Å². The van der Waals surface area contributed by atoms with E-state index in [2.05, 4.69) is 50.4 Å². The van der Waals surface area contributed by atoms with Crippen molar-refractivity contribution in [2.75, 3.05) is 5.32 Å². The summed E-state index contributed by atoms with van der Waals surface area (Å²) in [6.07, 6.45) is 5.44. The minimum Gasteiger partial charge on any atom is -0.382 e. The van der Waals surface area contributed by atoms with Crippen molar-refractivity contribution in [3.63, 3.8) is 0 Å². The minimum atomic E-state index is 0.624. The Bertz CT molecular complexity index is 339. The highest BCUT2D eigenvalue weighted by molar-refractivity contribution is 5.46. The van der Waals surface area contributed by atoms with Gasteiger partial charge in [0.05, 0.1) is 0 Å². The van der Waals surface area contributed by atoms with E-state index in [1.54, 1.807) is 0 Å². The first-order chi connectivity index (χ1) is 8.20. The molecule has 0 aromatic heterocycles. The lowest BCUT2D eigenvalue weighted by atomic mass is 9.99. The van der Waals surface area contributed by atoms with E-state index >= 15 is 0 Å². The predicted molar refractivity (Wildman–Crippen MR) is 75.6 cm³/mol. The number of anilines is 1. The second kappa shape index (κ2) is 5.57. The summed E-state index contributed by atoms with van der Waals surface area (Å²) in [5, 5.41) is 3.71. The lowest BCUT2D eigenvalue weighted by Gasteiger charge is -2.21. The van der Waals surface area contributed by atoms with Crippen LogP contribution in [0.2, 0.25) is 0 Å². The normalized spacial score (nSPS) is 24.2. The van der Waals surface area contributed by atoms with Crippen molar-refractivity contribution in [3.8, 4) is 0 Å². The number of nitrogens with one attached hydrogen (secondary N) is 1. The van der Waals surface area contributed by atoms with Crippen LogP contribution in [0, 0.1) is 5.92 Å². The molecule has 1 heteroatoms. The fourth-order valence-electron chi connectivity index (χ4n) is 2.89. The van der Waals surface area contributed by atoms with E-state index in [9.17, 15) is 0 Å². The lowest BCUT2D eigenvalue weighted by molar-refractivity contribution is 0.489. The third kappa shape index (κ3) is 3.02. The van der Waals surface area contributed by atoms with E-state index in [0.717, 1.165) is 5.92 Å². The van der Waals surface area contributed by atoms with Crippen molar-refractivity contribution in [1.82, 2.24) is 0 Å². The highest BCUT2D eigenvalue weighted by atomic mass is 14.9. The molecule has 1 aromatic carbocycles. The van der Waals surface area contributed by atoms with E-state index in [1.807, 2.05) is 0 Å². The molecule has 2 rings (SSSR count). The zero-order valence-corrected chi connectivity index (χ0v) is 11.4. The van der Waals surface area contributed by atoms with Gasteiger partial charge in [-0.3, -0.25) is 0 Å². The first-order valence-electron chi connectivity index (χ1n) is 7.07. The summed E-state index contributed by atoms with van der Waals surface area (Å²) in [5.41, 5.74) is 2.72. The molecule has 17 heavy (non-hydrogen) atoms. The van der Waals surface area contributed by atoms with Gasteiger partial charge >= 0.3 is 0 Å². The van der Waals surface area contributed by atoms with Crippen molar-refractivity contribution >= 4 is 5.69 Å². The molecular formula is C16H25N. The van der Waals surface area contributed by atoms with Crippen LogP contribution in [0.1, 0.15) is 57.9 Å². The van der Waals surface area contributed by atoms with Crippen molar-refractivity contribution in [3.05, 3.63) is 29.8 Å². The molecule has 0 heterocycles. The van der Waals surface area contributed by atoms with E-state index in [4.69, 9.17) is 0 Å². The van der Waals surface area contributed by atoms with Gasteiger partial charge in [0, 0.05) is 11.7 Å². The van der Waals surface area contributed by atoms with E-state index < -0.39 is 0 Å². The Hall–Kier alpha value is -0.980. The zero-order valence-electron chi connectivity index (χ0n) is 11.4. The molecule has 1 fully saturated rings. The quantitative estimate of drug-likeness (QED) is 0.784. The van der Waals surface area contributed by atoms with Crippen LogP contribution in [0.25, 0.3) is 0 Å². The van der Waals surface area contributed by atoms with E-state index in [-0.39, 0.29) is 0 Å². The van der Waals surface area contributed by atoms with Crippen LogP contribution in [0.3, 0.4) is 0 Å². The molecule has 1 aliphatic rings. The van der Waals surface area contributed by atoms with Crippen LogP contribution in [-0.4, -0.2) is 6.04 Å². The topological polar surface area (TPSA) is 12.0 Å². The molecule has 1 N–H and O–H groups in total. The average Bonchev–Trinajstić information content (AvgIpc) is 2.77. The van der Waals surface area contributed by atoms with Gasteiger partial charge in [0.25, 0.3) is 0 Å². The molecule has 0 radical (unpaired) electrons. The van der Waals surface area contributed by atoms with Crippen LogP contribution >= 0.6 is 0 Å². The van der Waals surface area contributed by atoms with Gasteiger partial charge in [-0.05, 0) is 42.4 Å². The molecule has 94 valence electrons. The first-order valence-corrected chi connectivity index (χ1v) is 7.07. The van der Waals surface area contributed by atoms with Gasteiger partial charge in [0.1, 0.15) is 0 Å². The maximum atomic E-state index is 3.71. The van der Waals surface area contributed by atoms with Gasteiger partial charge in [-0.2, -0.15) is 0 Å². The summed E-state index contributed by atoms with van der Waals surface area (Å²) in [4.78, 5) is 0. The Morgan fingerprint density at radius 2 is 1.88 bits per heavy atom. The number of hydrogen-bond donors (Lipinski definition) is 1. The molecule has 1 aromatic rings. The van der Waals surface area contributed by atoms with E-state index in [0.29, 0.717) is 12.0 Å². The summed E-state index contributed by atoms with van der Waals surface area (Å²) in [5.74, 6) is 1.50. The molecule has 0 amide bonds. The maximum Gasteiger partial charge on any atom is 0.0342 e. The Morgan fingerprint density at radius 1 is 1.18 bits per heavy atom. The minimum absolute atomic E-state index is 0.624. The number of rotatable bonds is 4. The van der Waals surface area contributed by atoms with Crippen molar-refractivity contribution in [1.29, 1.82) is 0 Å². The third-order valence-electron chi connectivity index (χ3n) is 4.11. The number of hydrogen-bond acceptors (Lipinski definition) is 1. The molecule has 1 nitrogen and oxygen atoms in total. The summed E-state index contributed by atoms with van der Waals surface area (Å²) < 4.78 is 0. The predicted octanol–water partition coefficient (Wildman–Crippen LogP) is 4.80. The summed E-state index contributed by atoms with van der Waals surface area (Å²) >= 11 is 0. The summed E-state index contributed by atoms with van der Waals surface area (Å²) in [6, 6.07) is 9.68. The molecule has 1 aliphatic carbocycles. The van der Waals surface area contributed by atoms with Crippen molar-refractivity contribution in [2.24, 2.45) is 5.92 Å². The second-order valence-electron chi connectivity index (χ2n) is 5.63. The van der Waals surface area contributed by atoms with Gasteiger partial charge in [0.2, 0.25) is 0 Å². The Morgan fingerprint density at radius 3 is 2.47 bits per heavy atom. The van der Waals surface area contributed by atoms with Gasteiger partial charge in [-0.15, -0.1) is 0 Å². The molecule has 0 spiro atoms.